The number of hydrogen-bond acceptors (Lipinski definition) is 0. The van der Waals surface area contributed by atoms with Crippen LogP contribution in [0.5, 0.6) is 0 Å². The van der Waals surface area contributed by atoms with Crippen molar-refractivity contribution < 1.29 is 43.1 Å². The van der Waals surface area contributed by atoms with Crippen molar-refractivity contribution in [3.63, 3.8) is 0 Å². The van der Waals surface area contributed by atoms with E-state index in [1.54, 1.807) is 0 Å². The fourth-order valence-electron chi connectivity index (χ4n) is 0.419. The first-order valence-electron chi connectivity index (χ1n) is 2.08. The summed E-state index contributed by atoms with van der Waals surface area (Å²) in [6, 6.07) is 2.04. The summed E-state index contributed by atoms with van der Waals surface area (Å²) in [5, 5.41) is 0. The third kappa shape index (κ3) is 3.24. The van der Waals surface area contributed by atoms with Crippen LogP contribution in [0.2, 0.25) is 0 Å². The van der Waals surface area contributed by atoms with Crippen LogP contribution in [0.1, 0.15) is 5.56 Å². The van der Waals surface area contributed by atoms with E-state index < -0.39 is 0 Å². The fraction of sp³-hybridized carbons (Fsp3) is 0.200. The SMILES string of the molecule is Cc1cc[nH][c]1[Rh+2].[Cl-].[Cl-]. The Labute approximate surface area is 77.1 Å². The van der Waals surface area contributed by atoms with E-state index in [4.69, 9.17) is 0 Å². The summed E-state index contributed by atoms with van der Waals surface area (Å²) in [6.45, 7) is 2.06. The molecule has 0 aliphatic rings. The molecule has 4 heteroatoms. The second-order valence-electron chi connectivity index (χ2n) is 1.45. The molecule has 0 saturated carbocycles. The summed E-state index contributed by atoms with van der Waals surface area (Å²) in [7, 11) is 0. The smallest absolute Gasteiger partial charge is 1.00 e. The summed E-state index contributed by atoms with van der Waals surface area (Å²) in [6.07, 6.45) is 1.92. The molecule has 0 radical (unpaired) electrons. The van der Waals surface area contributed by atoms with Gasteiger partial charge in [0.2, 0.25) is 0 Å². The van der Waals surface area contributed by atoms with Crippen molar-refractivity contribution in [1.82, 2.24) is 4.98 Å². The Hall–Kier alpha value is 0.483. The normalized spacial score (nSPS) is 7.33. The maximum atomic E-state index is 3.02. The molecule has 0 spiro atoms. The van der Waals surface area contributed by atoms with E-state index in [0.29, 0.717) is 0 Å². The number of aromatic amines is 1. The molecule has 9 heavy (non-hydrogen) atoms. The predicted molar refractivity (Wildman–Crippen MR) is 25.2 cm³/mol. The number of aryl methyl sites for hydroxylation is 1. The van der Waals surface area contributed by atoms with Crippen molar-refractivity contribution in [2.45, 2.75) is 6.92 Å². The van der Waals surface area contributed by atoms with Gasteiger partial charge in [-0.05, 0) is 0 Å². The van der Waals surface area contributed by atoms with Crippen LogP contribution >= 0.6 is 0 Å². The van der Waals surface area contributed by atoms with Crippen LogP contribution in [0.3, 0.4) is 0 Å². The summed E-state index contributed by atoms with van der Waals surface area (Å²) >= 11 is 2.80. The zero-order valence-corrected chi connectivity index (χ0v) is 7.89. The van der Waals surface area contributed by atoms with Crippen LogP contribution in [0, 0.1) is 6.92 Å². The summed E-state index contributed by atoms with van der Waals surface area (Å²) < 4.78 is 1.15. The third-order valence-corrected chi connectivity index (χ3v) is 1.75. The molecule has 1 nitrogen and oxygen atoms in total. The van der Waals surface area contributed by atoms with E-state index in [-0.39, 0.29) is 24.8 Å². The van der Waals surface area contributed by atoms with Crippen LogP contribution in [0.25, 0.3) is 0 Å². The predicted octanol–water partition coefficient (Wildman–Crippen LogP) is -5.50. The molecule has 1 N–H and O–H groups in total. The average molecular weight is 254 g/mol. The first-order chi connectivity index (χ1) is 3.30. The van der Waals surface area contributed by atoms with Gasteiger partial charge in [0.25, 0.3) is 0 Å². The number of hydrogen-bond donors (Lipinski definition) is 1. The molecular weight excluding hydrogens is 248 g/mol. The van der Waals surface area contributed by atoms with Gasteiger partial charge in [0.1, 0.15) is 0 Å². The van der Waals surface area contributed by atoms with Gasteiger partial charge in [0, 0.05) is 0 Å². The van der Waals surface area contributed by atoms with Crippen molar-refractivity contribution in [1.29, 1.82) is 0 Å². The van der Waals surface area contributed by atoms with Crippen LogP contribution in [0.4, 0.5) is 0 Å². The van der Waals surface area contributed by atoms with E-state index in [9.17, 15) is 0 Å². The number of H-pyrrole nitrogens is 1. The second-order valence-corrected chi connectivity index (χ2v) is 2.27. The van der Waals surface area contributed by atoms with E-state index >= 15 is 0 Å². The summed E-state index contributed by atoms with van der Waals surface area (Å²) in [5.74, 6) is 0. The van der Waals surface area contributed by atoms with Crippen LogP contribution in [-0.2, 0) is 18.3 Å². The monoisotopic (exact) mass is 253 g/mol. The second kappa shape index (κ2) is 5.28. The Kier molecular flexibility index (Phi) is 7.15. The van der Waals surface area contributed by atoms with Crippen LogP contribution in [-0.4, -0.2) is 4.98 Å². The minimum absolute atomic E-state index is 0. The van der Waals surface area contributed by atoms with Crippen molar-refractivity contribution in [3.05, 3.63) is 17.8 Å². The topological polar surface area (TPSA) is 15.8 Å². The van der Waals surface area contributed by atoms with Crippen LogP contribution < -0.4 is 29.1 Å². The summed E-state index contributed by atoms with van der Waals surface area (Å²) in [5.41, 5.74) is 1.28. The molecule has 0 aromatic carbocycles. The minimum Gasteiger partial charge on any atom is -1.00 e. The van der Waals surface area contributed by atoms with E-state index in [0.717, 1.165) is 4.29 Å². The molecule has 0 saturated heterocycles. The zero-order chi connectivity index (χ0) is 5.28. The third-order valence-electron chi connectivity index (χ3n) is 0.866. The molecule has 0 aliphatic carbocycles. The van der Waals surface area contributed by atoms with Gasteiger partial charge in [0.05, 0.1) is 0 Å². The quantitative estimate of drug-likeness (QED) is 0.445. The molecule has 0 atom stereocenters. The maximum absolute atomic E-state index is 3.02. The molecule has 1 aromatic heterocycles. The van der Waals surface area contributed by atoms with Gasteiger partial charge in [-0.2, -0.15) is 0 Å². The first kappa shape index (κ1) is 12.2. The van der Waals surface area contributed by atoms with Crippen molar-refractivity contribution in [2.75, 3.05) is 0 Å². The van der Waals surface area contributed by atoms with Gasteiger partial charge >= 0.3 is 52.3 Å². The van der Waals surface area contributed by atoms with E-state index in [1.165, 1.54) is 5.56 Å². The molecule has 0 aliphatic heterocycles. The molecule has 54 valence electrons. The number of rotatable bonds is 0. The van der Waals surface area contributed by atoms with Gasteiger partial charge in [-0.3, -0.25) is 0 Å². The molecule has 0 bridgehead atoms. The Balaban J connectivity index is 0. The average Bonchev–Trinajstić information content (AvgIpc) is 1.91. The van der Waals surface area contributed by atoms with Crippen molar-refractivity contribution in [2.24, 2.45) is 0 Å². The van der Waals surface area contributed by atoms with Crippen LogP contribution in [0.15, 0.2) is 12.3 Å². The molecule has 1 rings (SSSR count). The number of halogens is 2. The standard InChI is InChI=1S/C5H6N.2ClH.Rh/c1-5-2-3-6-4-5;;;/h2-3,6H,1H3;2*1H;/q;;;+2/p-2. The largest absolute Gasteiger partial charge is 1.00 e. The molecule has 0 unspecified atom stereocenters. The fourth-order valence-corrected chi connectivity index (χ4v) is 0.693. The maximum Gasteiger partial charge on any atom is -1.00 e. The summed E-state index contributed by atoms with van der Waals surface area (Å²) in [4.78, 5) is 3.02. The van der Waals surface area contributed by atoms with Crippen molar-refractivity contribution in [3.8, 4) is 0 Å². The Morgan fingerprint density at radius 1 is 1.44 bits per heavy atom. The van der Waals surface area contributed by atoms with E-state index in [2.05, 4.69) is 30.2 Å². The van der Waals surface area contributed by atoms with Crippen molar-refractivity contribution >= 4 is 4.29 Å². The molecule has 1 heterocycles. The van der Waals surface area contributed by atoms with Gasteiger partial charge in [0.15, 0.2) is 0 Å². The van der Waals surface area contributed by atoms with Gasteiger partial charge < -0.3 is 24.8 Å². The zero-order valence-electron chi connectivity index (χ0n) is 4.74. The van der Waals surface area contributed by atoms with Gasteiger partial charge in [-0.25, -0.2) is 0 Å². The Morgan fingerprint density at radius 3 is 2.11 bits per heavy atom. The van der Waals surface area contributed by atoms with E-state index in [1.807, 2.05) is 12.3 Å². The van der Waals surface area contributed by atoms with Gasteiger partial charge in [-0.1, -0.05) is 0 Å². The molecule has 0 amide bonds. The Morgan fingerprint density at radius 2 is 2.00 bits per heavy atom. The first-order valence-corrected chi connectivity index (χ1v) is 2.90. The number of aromatic nitrogens is 1. The Bertz CT molecular complexity index is 147. The minimum atomic E-state index is 0. The van der Waals surface area contributed by atoms with Gasteiger partial charge in [-0.15, -0.1) is 0 Å². The molecule has 1 aromatic rings. The molecular formula is C5H6Cl2NRh. The molecule has 0 fully saturated rings. The number of nitrogens with one attached hydrogen (secondary N) is 1.